The average molecular weight is 327 g/mol. The quantitative estimate of drug-likeness (QED) is 0.809. The monoisotopic (exact) mass is 326 g/mol. The fourth-order valence-corrected chi connectivity index (χ4v) is 2.86. The van der Waals surface area contributed by atoms with Crippen molar-refractivity contribution >= 4 is 18.3 Å². The molecule has 2 rings (SSSR count). The van der Waals surface area contributed by atoms with Crippen molar-refractivity contribution in [1.82, 2.24) is 5.32 Å². The van der Waals surface area contributed by atoms with Crippen LogP contribution in [-0.2, 0) is 16.1 Å². The molecule has 3 atom stereocenters. The van der Waals surface area contributed by atoms with Gasteiger partial charge in [0.1, 0.15) is 0 Å². The standard InChI is InChI=1S/C17H26N2O2.ClH/c1-13(11-21-12-14-6-3-2-4-7-14)19-17(20)10-15-8-5-9-16(15)18;/h2-4,6-7,13,15-16H,5,8-12,18H2,1H3,(H,19,20);1H/t13?,15-,16+;/m0./s1. The summed E-state index contributed by atoms with van der Waals surface area (Å²) in [5.74, 6) is 0.440. The first-order valence-electron chi connectivity index (χ1n) is 7.81. The van der Waals surface area contributed by atoms with Gasteiger partial charge in [0.15, 0.2) is 0 Å². The Bertz CT molecular complexity index is 442. The molecule has 1 saturated carbocycles. The van der Waals surface area contributed by atoms with Gasteiger partial charge in [-0.05, 0) is 31.2 Å². The molecule has 1 unspecified atom stereocenters. The molecule has 5 heteroatoms. The van der Waals surface area contributed by atoms with Crippen LogP contribution in [0.4, 0.5) is 0 Å². The number of halogens is 1. The van der Waals surface area contributed by atoms with E-state index in [1.165, 1.54) is 0 Å². The molecule has 0 saturated heterocycles. The first kappa shape index (κ1) is 18.9. The molecule has 1 aromatic carbocycles. The van der Waals surface area contributed by atoms with Gasteiger partial charge in [0.2, 0.25) is 5.91 Å². The summed E-state index contributed by atoms with van der Waals surface area (Å²) in [4.78, 5) is 12.0. The maximum absolute atomic E-state index is 12.0. The van der Waals surface area contributed by atoms with Gasteiger partial charge in [0.25, 0.3) is 0 Å². The van der Waals surface area contributed by atoms with E-state index in [-0.39, 0.29) is 30.4 Å². The summed E-state index contributed by atoms with van der Waals surface area (Å²) < 4.78 is 5.63. The summed E-state index contributed by atoms with van der Waals surface area (Å²) >= 11 is 0. The number of nitrogens with two attached hydrogens (primary N) is 1. The third kappa shape index (κ3) is 6.34. The first-order valence-corrected chi connectivity index (χ1v) is 7.81. The fraction of sp³-hybridized carbons (Fsp3) is 0.588. The summed E-state index contributed by atoms with van der Waals surface area (Å²) in [5.41, 5.74) is 7.14. The molecule has 1 aliphatic carbocycles. The van der Waals surface area contributed by atoms with Crippen LogP contribution in [0, 0.1) is 5.92 Å². The Morgan fingerprint density at radius 3 is 2.73 bits per heavy atom. The van der Waals surface area contributed by atoms with Crippen LogP contribution in [0.1, 0.15) is 38.2 Å². The lowest BCUT2D eigenvalue weighted by Gasteiger charge is -2.18. The van der Waals surface area contributed by atoms with Crippen molar-refractivity contribution in [1.29, 1.82) is 0 Å². The highest BCUT2D eigenvalue weighted by Gasteiger charge is 2.26. The molecule has 22 heavy (non-hydrogen) atoms. The number of rotatable bonds is 7. The number of carbonyl (C=O) groups is 1. The Morgan fingerprint density at radius 2 is 2.09 bits per heavy atom. The molecule has 0 aromatic heterocycles. The van der Waals surface area contributed by atoms with E-state index < -0.39 is 0 Å². The van der Waals surface area contributed by atoms with Gasteiger partial charge in [0, 0.05) is 18.5 Å². The SMILES string of the molecule is CC(COCc1ccccc1)NC(=O)C[C@@H]1CCC[C@H]1N.Cl. The lowest BCUT2D eigenvalue weighted by atomic mass is 10.00. The second kappa shape index (κ2) is 9.82. The predicted octanol–water partition coefficient (Wildman–Crippen LogP) is 2.65. The number of hydrogen-bond donors (Lipinski definition) is 2. The van der Waals surface area contributed by atoms with Crippen molar-refractivity contribution in [2.75, 3.05) is 6.61 Å². The molecule has 0 aliphatic heterocycles. The first-order chi connectivity index (χ1) is 10.1. The highest BCUT2D eigenvalue weighted by molar-refractivity contribution is 5.85. The van der Waals surface area contributed by atoms with Gasteiger partial charge in [-0.2, -0.15) is 0 Å². The van der Waals surface area contributed by atoms with Crippen molar-refractivity contribution in [3.05, 3.63) is 35.9 Å². The zero-order valence-corrected chi connectivity index (χ0v) is 14.0. The van der Waals surface area contributed by atoms with E-state index in [4.69, 9.17) is 10.5 Å². The number of hydrogen-bond acceptors (Lipinski definition) is 3. The minimum atomic E-state index is 0. The van der Waals surface area contributed by atoms with Gasteiger partial charge in [-0.1, -0.05) is 36.8 Å². The van der Waals surface area contributed by atoms with Crippen LogP contribution in [0.5, 0.6) is 0 Å². The Balaban J connectivity index is 0.00000242. The van der Waals surface area contributed by atoms with E-state index in [0.717, 1.165) is 24.8 Å². The molecule has 0 heterocycles. The molecular weight excluding hydrogens is 300 g/mol. The predicted molar refractivity (Wildman–Crippen MR) is 90.9 cm³/mol. The molecule has 1 fully saturated rings. The number of ether oxygens (including phenoxy) is 1. The van der Waals surface area contributed by atoms with Gasteiger partial charge < -0.3 is 15.8 Å². The summed E-state index contributed by atoms with van der Waals surface area (Å²) in [5, 5.41) is 2.99. The Morgan fingerprint density at radius 1 is 1.36 bits per heavy atom. The Labute approximate surface area is 139 Å². The molecule has 0 bridgehead atoms. The third-order valence-electron chi connectivity index (χ3n) is 4.05. The van der Waals surface area contributed by atoms with Crippen molar-refractivity contribution in [2.45, 2.75) is 51.3 Å². The molecule has 0 radical (unpaired) electrons. The smallest absolute Gasteiger partial charge is 0.220 e. The maximum Gasteiger partial charge on any atom is 0.220 e. The number of nitrogens with one attached hydrogen (secondary N) is 1. The summed E-state index contributed by atoms with van der Waals surface area (Å²) in [6.07, 6.45) is 3.82. The molecule has 124 valence electrons. The normalized spacial score (nSPS) is 21.9. The van der Waals surface area contributed by atoms with Crippen molar-refractivity contribution < 1.29 is 9.53 Å². The maximum atomic E-state index is 12.0. The van der Waals surface area contributed by atoms with E-state index in [2.05, 4.69) is 5.32 Å². The zero-order chi connectivity index (χ0) is 15.1. The zero-order valence-electron chi connectivity index (χ0n) is 13.2. The molecule has 4 nitrogen and oxygen atoms in total. The topological polar surface area (TPSA) is 64.3 Å². The van der Waals surface area contributed by atoms with E-state index in [1.54, 1.807) is 0 Å². The van der Waals surface area contributed by atoms with Gasteiger partial charge in [-0.25, -0.2) is 0 Å². The Hall–Kier alpha value is -1.10. The van der Waals surface area contributed by atoms with E-state index >= 15 is 0 Å². The van der Waals surface area contributed by atoms with Crippen LogP contribution in [0.25, 0.3) is 0 Å². The van der Waals surface area contributed by atoms with Gasteiger partial charge >= 0.3 is 0 Å². The minimum absolute atomic E-state index is 0. The van der Waals surface area contributed by atoms with Crippen LogP contribution in [0.2, 0.25) is 0 Å². The third-order valence-corrected chi connectivity index (χ3v) is 4.05. The minimum Gasteiger partial charge on any atom is -0.375 e. The number of benzene rings is 1. The second-order valence-corrected chi connectivity index (χ2v) is 6.03. The van der Waals surface area contributed by atoms with E-state index in [0.29, 0.717) is 25.6 Å². The fourth-order valence-electron chi connectivity index (χ4n) is 2.86. The molecule has 0 spiro atoms. The molecular formula is C17H27ClN2O2. The van der Waals surface area contributed by atoms with E-state index in [9.17, 15) is 4.79 Å². The highest BCUT2D eigenvalue weighted by atomic mass is 35.5. The van der Waals surface area contributed by atoms with Gasteiger partial charge in [-0.3, -0.25) is 4.79 Å². The summed E-state index contributed by atoms with van der Waals surface area (Å²) in [7, 11) is 0. The van der Waals surface area contributed by atoms with Crippen molar-refractivity contribution in [3.8, 4) is 0 Å². The van der Waals surface area contributed by atoms with Crippen LogP contribution >= 0.6 is 12.4 Å². The Kier molecular flexibility index (Phi) is 8.46. The van der Waals surface area contributed by atoms with Crippen LogP contribution in [0.15, 0.2) is 30.3 Å². The van der Waals surface area contributed by atoms with Crippen LogP contribution in [-0.4, -0.2) is 24.6 Å². The number of carbonyl (C=O) groups excluding carboxylic acids is 1. The van der Waals surface area contributed by atoms with E-state index in [1.807, 2.05) is 37.3 Å². The average Bonchev–Trinajstić information content (AvgIpc) is 2.85. The number of amides is 1. The highest BCUT2D eigenvalue weighted by Crippen LogP contribution is 2.26. The summed E-state index contributed by atoms with van der Waals surface area (Å²) in [6.45, 7) is 3.07. The second-order valence-electron chi connectivity index (χ2n) is 6.03. The molecule has 1 aliphatic rings. The molecule has 3 N–H and O–H groups in total. The van der Waals surface area contributed by atoms with Crippen molar-refractivity contribution in [2.24, 2.45) is 11.7 Å². The molecule has 1 amide bonds. The van der Waals surface area contributed by atoms with Gasteiger partial charge in [-0.15, -0.1) is 12.4 Å². The van der Waals surface area contributed by atoms with Crippen LogP contribution < -0.4 is 11.1 Å². The van der Waals surface area contributed by atoms with Crippen molar-refractivity contribution in [3.63, 3.8) is 0 Å². The lowest BCUT2D eigenvalue weighted by molar-refractivity contribution is -0.123. The van der Waals surface area contributed by atoms with Crippen LogP contribution in [0.3, 0.4) is 0 Å². The molecule has 1 aromatic rings. The van der Waals surface area contributed by atoms with Gasteiger partial charge in [0.05, 0.1) is 13.2 Å². The summed E-state index contributed by atoms with van der Waals surface area (Å²) in [6, 6.07) is 10.3. The lowest BCUT2D eigenvalue weighted by Crippen LogP contribution is -2.38. The largest absolute Gasteiger partial charge is 0.375 e.